The van der Waals surface area contributed by atoms with Crippen LogP contribution in [0.2, 0.25) is 0 Å². The number of ether oxygens (including phenoxy) is 3. The van der Waals surface area contributed by atoms with Crippen LogP contribution in [0, 0.1) is 0 Å². The lowest BCUT2D eigenvalue weighted by atomic mass is 9.84. The van der Waals surface area contributed by atoms with E-state index in [9.17, 15) is 4.79 Å². The van der Waals surface area contributed by atoms with Crippen molar-refractivity contribution in [1.82, 2.24) is 14.9 Å². The largest absolute Gasteiger partial charge is 0.489 e. The molecule has 2 fully saturated rings. The molecule has 136 valence electrons. The minimum Gasteiger partial charge on any atom is -0.489 e. The molecule has 2 aliphatic rings. The highest BCUT2D eigenvalue weighted by Gasteiger charge is 2.50. The lowest BCUT2D eigenvalue weighted by Gasteiger charge is -2.52. The van der Waals surface area contributed by atoms with Crippen molar-refractivity contribution in [3.8, 4) is 11.6 Å². The normalized spacial score (nSPS) is 21.1. The van der Waals surface area contributed by atoms with E-state index in [0.717, 1.165) is 18.6 Å². The number of rotatable bonds is 4. The maximum atomic E-state index is 12.7. The molecule has 0 radical (unpaired) electrons. The molecule has 0 bridgehead atoms. The summed E-state index contributed by atoms with van der Waals surface area (Å²) in [5.74, 6) is 1.03. The second kappa shape index (κ2) is 6.92. The van der Waals surface area contributed by atoms with Gasteiger partial charge in [-0.2, -0.15) is 0 Å². The molecule has 0 N–H and O–H groups in total. The second-order valence-corrected chi connectivity index (χ2v) is 6.67. The van der Waals surface area contributed by atoms with E-state index in [4.69, 9.17) is 14.2 Å². The van der Waals surface area contributed by atoms with Crippen molar-refractivity contribution < 1.29 is 19.0 Å². The van der Waals surface area contributed by atoms with Crippen LogP contribution in [-0.2, 0) is 4.74 Å². The average molecular weight is 355 g/mol. The second-order valence-electron chi connectivity index (χ2n) is 6.67. The van der Waals surface area contributed by atoms with Crippen molar-refractivity contribution in [3.05, 3.63) is 48.4 Å². The zero-order valence-corrected chi connectivity index (χ0v) is 14.6. The van der Waals surface area contributed by atoms with E-state index in [-0.39, 0.29) is 17.6 Å². The lowest BCUT2D eigenvalue weighted by molar-refractivity contribution is -0.173. The Hall–Kier alpha value is -2.67. The molecule has 4 rings (SSSR count). The molecule has 7 nitrogen and oxygen atoms in total. The van der Waals surface area contributed by atoms with Crippen molar-refractivity contribution >= 4 is 5.91 Å². The van der Waals surface area contributed by atoms with Crippen molar-refractivity contribution in [2.75, 3.05) is 26.8 Å². The fourth-order valence-electron chi connectivity index (χ4n) is 3.59. The minimum absolute atomic E-state index is 0.0677. The highest BCUT2D eigenvalue weighted by atomic mass is 16.5. The molecular formula is C19H21N3O4. The van der Waals surface area contributed by atoms with Crippen molar-refractivity contribution in [3.63, 3.8) is 0 Å². The topological polar surface area (TPSA) is 73.8 Å². The van der Waals surface area contributed by atoms with Crippen LogP contribution >= 0.6 is 0 Å². The number of hydrogen-bond acceptors (Lipinski definition) is 6. The number of methoxy groups -OCH3 is 1. The molecule has 7 heteroatoms. The first kappa shape index (κ1) is 16.8. The van der Waals surface area contributed by atoms with Crippen LogP contribution in [0.25, 0.3) is 0 Å². The summed E-state index contributed by atoms with van der Waals surface area (Å²) in [5, 5.41) is 0. The maximum absolute atomic E-state index is 12.7. The summed E-state index contributed by atoms with van der Waals surface area (Å²) in [4.78, 5) is 22.7. The van der Waals surface area contributed by atoms with Gasteiger partial charge in [0.15, 0.2) is 0 Å². The Labute approximate surface area is 151 Å². The molecule has 0 unspecified atom stereocenters. The molecule has 4 heterocycles. The molecule has 1 amide bonds. The Bertz CT molecular complexity index is 777. The van der Waals surface area contributed by atoms with Gasteiger partial charge in [0.05, 0.1) is 33.0 Å². The molecule has 26 heavy (non-hydrogen) atoms. The summed E-state index contributed by atoms with van der Waals surface area (Å²) in [7, 11) is 1.52. The minimum atomic E-state index is -0.323. The standard InChI is InChI=1S/C19H21N3O4/c1-24-17-16(5-3-8-21-17)18(23)22-12-19(13-22)10-14(6-9-25-19)26-15-4-2-7-20-11-15/h2-5,7-8,11,14H,6,9-10,12-13H2,1H3/t14-/m0/s1. The van der Waals surface area contributed by atoms with Crippen molar-refractivity contribution in [2.24, 2.45) is 0 Å². The SMILES string of the molecule is COc1ncccc1C(=O)N1CC2(C[C@@H](Oc3cccnc3)CCO2)C1. The van der Waals surface area contributed by atoms with Gasteiger partial charge in [-0.1, -0.05) is 0 Å². The summed E-state index contributed by atoms with van der Waals surface area (Å²) in [6, 6.07) is 7.23. The predicted octanol–water partition coefficient (Wildman–Crippen LogP) is 1.94. The molecule has 2 aliphatic heterocycles. The van der Waals surface area contributed by atoms with Crippen molar-refractivity contribution in [1.29, 1.82) is 0 Å². The van der Waals surface area contributed by atoms with E-state index in [0.29, 0.717) is 31.1 Å². The third-order valence-corrected chi connectivity index (χ3v) is 4.83. The molecular weight excluding hydrogens is 334 g/mol. The van der Waals surface area contributed by atoms with Crippen molar-refractivity contribution in [2.45, 2.75) is 24.5 Å². The predicted molar refractivity (Wildman–Crippen MR) is 93.3 cm³/mol. The molecule has 0 aromatic carbocycles. The zero-order valence-electron chi connectivity index (χ0n) is 14.6. The van der Waals surface area contributed by atoms with E-state index in [1.54, 1.807) is 35.6 Å². The van der Waals surface area contributed by atoms with Gasteiger partial charge in [-0.3, -0.25) is 9.78 Å². The first-order chi connectivity index (χ1) is 12.7. The maximum Gasteiger partial charge on any atom is 0.259 e. The number of carbonyl (C=O) groups is 1. The van der Waals surface area contributed by atoms with Gasteiger partial charge in [-0.25, -0.2) is 4.98 Å². The van der Waals surface area contributed by atoms with Gasteiger partial charge >= 0.3 is 0 Å². The third kappa shape index (κ3) is 3.22. The van der Waals surface area contributed by atoms with Gasteiger partial charge in [-0.05, 0) is 24.3 Å². The highest BCUT2D eigenvalue weighted by molar-refractivity contribution is 5.97. The molecule has 0 aliphatic carbocycles. The summed E-state index contributed by atoms with van der Waals surface area (Å²) in [5.41, 5.74) is 0.153. The number of aromatic nitrogens is 2. The van der Waals surface area contributed by atoms with Crippen LogP contribution in [0.4, 0.5) is 0 Å². The number of pyridine rings is 2. The summed E-state index contributed by atoms with van der Waals surface area (Å²) in [6.07, 6.45) is 6.71. The highest BCUT2D eigenvalue weighted by Crippen LogP contribution is 2.36. The zero-order chi connectivity index (χ0) is 18.0. The van der Waals surface area contributed by atoms with E-state index in [2.05, 4.69) is 9.97 Å². The molecule has 2 aromatic rings. The van der Waals surface area contributed by atoms with Crippen LogP contribution in [0.5, 0.6) is 11.6 Å². The first-order valence-corrected chi connectivity index (χ1v) is 8.68. The number of likely N-dealkylation sites (tertiary alicyclic amines) is 1. The van der Waals surface area contributed by atoms with Gasteiger partial charge in [0.25, 0.3) is 5.91 Å². The fraction of sp³-hybridized carbons (Fsp3) is 0.421. The summed E-state index contributed by atoms with van der Waals surface area (Å²) < 4.78 is 17.2. The van der Waals surface area contributed by atoms with Crippen LogP contribution in [0.3, 0.4) is 0 Å². The van der Waals surface area contributed by atoms with Crippen LogP contribution in [0.1, 0.15) is 23.2 Å². The molecule has 2 saturated heterocycles. The Morgan fingerprint density at radius 3 is 2.92 bits per heavy atom. The van der Waals surface area contributed by atoms with Gasteiger partial charge < -0.3 is 19.1 Å². The molecule has 1 atom stereocenters. The Morgan fingerprint density at radius 2 is 2.15 bits per heavy atom. The van der Waals surface area contributed by atoms with Crippen LogP contribution in [0.15, 0.2) is 42.9 Å². The number of hydrogen-bond donors (Lipinski definition) is 0. The monoisotopic (exact) mass is 355 g/mol. The molecule has 1 spiro atoms. The van der Waals surface area contributed by atoms with E-state index in [1.807, 2.05) is 12.1 Å². The Balaban J connectivity index is 1.39. The number of nitrogens with zero attached hydrogens (tertiary/aromatic N) is 3. The van der Waals surface area contributed by atoms with E-state index in [1.165, 1.54) is 7.11 Å². The van der Waals surface area contributed by atoms with Gasteiger partial charge in [0.1, 0.15) is 23.0 Å². The molecule has 0 saturated carbocycles. The lowest BCUT2D eigenvalue weighted by Crippen LogP contribution is -2.67. The summed E-state index contributed by atoms with van der Waals surface area (Å²) >= 11 is 0. The smallest absolute Gasteiger partial charge is 0.259 e. The number of carbonyl (C=O) groups excluding carboxylic acids is 1. The Morgan fingerprint density at radius 1 is 1.31 bits per heavy atom. The molecule has 2 aromatic heterocycles. The quantitative estimate of drug-likeness (QED) is 0.834. The average Bonchev–Trinajstić information content (AvgIpc) is 2.66. The Kier molecular flexibility index (Phi) is 4.46. The van der Waals surface area contributed by atoms with E-state index >= 15 is 0 Å². The van der Waals surface area contributed by atoms with Crippen LogP contribution in [-0.4, -0.2) is 59.3 Å². The number of amides is 1. The summed E-state index contributed by atoms with van der Waals surface area (Å²) in [6.45, 7) is 1.73. The first-order valence-electron chi connectivity index (χ1n) is 8.68. The van der Waals surface area contributed by atoms with E-state index < -0.39 is 0 Å². The van der Waals surface area contributed by atoms with Crippen LogP contribution < -0.4 is 9.47 Å². The van der Waals surface area contributed by atoms with Gasteiger partial charge in [0.2, 0.25) is 5.88 Å². The third-order valence-electron chi connectivity index (χ3n) is 4.83. The van der Waals surface area contributed by atoms with Gasteiger partial charge in [-0.15, -0.1) is 0 Å². The fourth-order valence-corrected chi connectivity index (χ4v) is 3.59. The van der Waals surface area contributed by atoms with Gasteiger partial charge in [0, 0.05) is 25.2 Å².